The maximum atomic E-state index is 10.9. The van der Waals surface area contributed by atoms with Crippen molar-refractivity contribution in [1.82, 2.24) is 4.57 Å². The lowest BCUT2D eigenvalue weighted by atomic mass is 9.92. The standard InChI is InChI=1S/C16H19NO2/c1-10(6-15(18)19)13-8-12-4-3-5-17-11(2)7-14(9-13)16(12)17/h7-10H,3-6H2,1-2H3,(H,18,19). The first-order chi connectivity index (χ1) is 9.06. The van der Waals surface area contributed by atoms with Gasteiger partial charge in [-0.25, -0.2) is 0 Å². The number of nitrogens with zero attached hydrogens (tertiary/aromatic N) is 1. The molecule has 100 valence electrons. The van der Waals surface area contributed by atoms with Gasteiger partial charge in [0.2, 0.25) is 0 Å². The molecule has 1 unspecified atom stereocenters. The molecule has 2 heterocycles. The average molecular weight is 257 g/mol. The van der Waals surface area contributed by atoms with Gasteiger partial charge in [0, 0.05) is 17.6 Å². The number of aromatic nitrogens is 1. The zero-order valence-electron chi connectivity index (χ0n) is 11.4. The molecule has 3 heteroatoms. The SMILES string of the molecule is Cc1cc2cc(C(C)CC(=O)O)cc3c2n1CCC3. The van der Waals surface area contributed by atoms with E-state index in [9.17, 15) is 4.79 Å². The fraction of sp³-hybridized carbons (Fsp3) is 0.438. The van der Waals surface area contributed by atoms with Crippen molar-refractivity contribution in [3.8, 4) is 0 Å². The molecule has 0 saturated heterocycles. The highest BCUT2D eigenvalue weighted by molar-refractivity contribution is 5.86. The summed E-state index contributed by atoms with van der Waals surface area (Å²) in [5, 5.41) is 10.2. The van der Waals surface area contributed by atoms with E-state index in [1.807, 2.05) is 6.92 Å². The minimum atomic E-state index is -0.727. The predicted molar refractivity (Wildman–Crippen MR) is 75.7 cm³/mol. The second kappa shape index (κ2) is 4.41. The normalized spacial score (nSPS) is 15.7. The van der Waals surface area contributed by atoms with Crippen LogP contribution in [0.2, 0.25) is 0 Å². The minimum Gasteiger partial charge on any atom is -0.481 e. The van der Waals surface area contributed by atoms with E-state index >= 15 is 0 Å². The van der Waals surface area contributed by atoms with E-state index in [0.717, 1.165) is 18.5 Å². The number of carboxylic acids is 1. The van der Waals surface area contributed by atoms with Crippen LogP contribution in [0.25, 0.3) is 10.9 Å². The number of hydrogen-bond acceptors (Lipinski definition) is 1. The van der Waals surface area contributed by atoms with Crippen LogP contribution in [0, 0.1) is 6.92 Å². The van der Waals surface area contributed by atoms with Crippen LogP contribution in [-0.2, 0) is 17.8 Å². The maximum absolute atomic E-state index is 10.9. The summed E-state index contributed by atoms with van der Waals surface area (Å²) in [5.41, 5.74) is 5.20. The van der Waals surface area contributed by atoms with E-state index in [1.165, 1.54) is 28.6 Å². The van der Waals surface area contributed by atoms with Crippen LogP contribution >= 0.6 is 0 Å². The van der Waals surface area contributed by atoms with Crippen molar-refractivity contribution in [3.63, 3.8) is 0 Å². The van der Waals surface area contributed by atoms with E-state index in [1.54, 1.807) is 0 Å². The fourth-order valence-corrected chi connectivity index (χ4v) is 3.23. The first-order valence-electron chi connectivity index (χ1n) is 6.90. The zero-order valence-corrected chi connectivity index (χ0v) is 11.4. The van der Waals surface area contributed by atoms with Gasteiger partial charge in [-0.2, -0.15) is 0 Å². The maximum Gasteiger partial charge on any atom is 0.303 e. The summed E-state index contributed by atoms with van der Waals surface area (Å²) in [7, 11) is 0. The molecule has 0 saturated carbocycles. The van der Waals surface area contributed by atoms with Crippen LogP contribution in [0.15, 0.2) is 18.2 Å². The second-order valence-electron chi connectivity index (χ2n) is 5.66. The lowest BCUT2D eigenvalue weighted by Gasteiger charge is -2.19. The van der Waals surface area contributed by atoms with Crippen LogP contribution < -0.4 is 0 Å². The van der Waals surface area contributed by atoms with Crippen molar-refractivity contribution in [2.45, 2.75) is 45.6 Å². The van der Waals surface area contributed by atoms with Gasteiger partial charge in [0.05, 0.1) is 11.9 Å². The Morgan fingerprint density at radius 1 is 1.42 bits per heavy atom. The van der Waals surface area contributed by atoms with Gasteiger partial charge in [0.15, 0.2) is 0 Å². The van der Waals surface area contributed by atoms with Crippen molar-refractivity contribution in [2.24, 2.45) is 0 Å². The van der Waals surface area contributed by atoms with Crippen molar-refractivity contribution >= 4 is 16.9 Å². The summed E-state index contributed by atoms with van der Waals surface area (Å²) in [4.78, 5) is 10.9. The van der Waals surface area contributed by atoms with E-state index in [4.69, 9.17) is 5.11 Å². The largest absolute Gasteiger partial charge is 0.481 e. The summed E-state index contributed by atoms with van der Waals surface area (Å²) in [6.07, 6.45) is 2.48. The minimum absolute atomic E-state index is 0.0729. The first kappa shape index (κ1) is 12.3. The molecule has 19 heavy (non-hydrogen) atoms. The molecule has 1 aromatic heterocycles. The van der Waals surface area contributed by atoms with Crippen LogP contribution in [0.4, 0.5) is 0 Å². The van der Waals surface area contributed by atoms with Gasteiger partial charge in [-0.1, -0.05) is 13.0 Å². The predicted octanol–water partition coefficient (Wildman–Crippen LogP) is 3.47. The van der Waals surface area contributed by atoms with Crippen LogP contribution in [-0.4, -0.2) is 15.6 Å². The molecule has 1 atom stereocenters. The Bertz CT molecular complexity index is 654. The molecular formula is C16H19NO2. The Kier molecular flexibility index (Phi) is 2.85. The van der Waals surface area contributed by atoms with Gasteiger partial charge in [-0.05, 0) is 48.9 Å². The Labute approximate surface area is 112 Å². The van der Waals surface area contributed by atoms with E-state index in [0.29, 0.717) is 0 Å². The third-order valence-electron chi connectivity index (χ3n) is 4.18. The van der Waals surface area contributed by atoms with Gasteiger partial charge >= 0.3 is 5.97 Å². The van der Waals surface area contributed by atoms with Crippen LogP contribution in [0.5, 0.6) is 0 Å². The topological polar surface area (TPSA) is 42.2 Å². The molecule has 3 nitrogen and oxygen atoms in total. The smallest absolute Gasteiger partial charge is 0.303 e. The van der Waals surface area contributed by atoms with Gasteiger partial charge in [0.1, 0.15) is 0 Å². The fourth-order valence-electron chi connectivity index (χ4n) is 3.23. The molecule has 0 fully saturated rings. The number of aliphatic carboxylic acids is 1. The Balaban J connectivity index is 2.12. The third kappa shape index (κ3) is 2.03. The Morgan fingerprint density at radius 3 is 2.95 bits per heavy atom. The average Bonchev–Trinajstić information content (AvgIpc) is 2.67. The summed E-state index contributed by atoms with van der Waals surface area (Å²) < 4.78 is 2.39. The molecule has 0 spiro atoms. The highest BCUT2D eigenvalue weighted by Gasteiger charge is 2.18. The molecule has 0 aliphatic carbocycles. The van der Waals surface area contributed by atoms with Crippen LogP contribution in [0.1, 0.15) is 42.5 Å². The number of rotatable bonds is 3. The lowest BCUT2D eigenvalue weighted by molar-refractivity contribution is -0.137. The monoisotopic (exact) mass is 257 g/mol. The quantitative estimate of drug-likeness (QED) is 0.914. The highest BCUT2D eigenvalue weighted by Crippen LogP contribution is 2.32. The van der Waals surface area contributed by atoms with Gasteiger partial charge in [0.25, 0.3) is 0 Å². The summed E-state index contributed by atoms with van der Waals surface area (Å²) in [5.74, 6) is -0.654. The highest BCUT2D eigenvalue weighted by atomic mass is 16.4. The molecule has 2 aromatic rings. The number of aryl methyl sites for hydroxylation is 3. The molecule has 0 radical (unpaired) electrons. The van der Waals surface area contributed by atoms with Gasteiger partial charge in [-0.15, -0.1) is 0 Å². The zero-order chi connectivity index (χ0) is 13.6. The Morgan fingerprint density at radius 2 is 2.21 bits per heavy atom. The summed E-state index contributed by atoms with van der Waals surface area (Å²) >= 11 is 0. The molecule has 1 aliphatic rings. The van der Waals surface area contributed by atoms with Crippen molar-refractivity contribution in [3.05, 3.63) is 35.0 Å². The molecule has 3 rings (SSSR count). The van der Waals surface area contributed by atoms with Crippen molar-refractivity contribution in [1.29, 1.82) is 0 Å². The van der Waals surface area contributed by atoms with Crippen molar-refractivity contribution in [2.75, 3.05) is 0 Å². The van der Waals surface area contributed by atoms with Gasteiger partial charge in [-0.3, -0.25) is 4.79 Å². The number of carboxylic acid groups (broad SMARTS) is 1. The molecule has 1 aliphatic heterocycles. The number of carbonyl (C=O) groups is 1. The Hall–Kier alpha value is -1.77. The third-order valence-corrected chi connectivity index (χ3v) is 4.18. The van der Waals surface area contributed by atoms with Crippen LogP contribution in [0.3, 0.4) is 0 Å². The van der Waals surface area contributed by atoms with Gasteiger partial charge < -0.3 is 9.67 Å². The number of hydrogen-bond donors (Lipinski definition) is 1. The molecule has 1 aromatic carbocycles. The van der Waals surface area contributed by atoms with E-state index < -0.39 is 5.97 Å². The lowest BCUT2D eigenvalue weighted by Crippen LogP contribution is -2.10. The summed E-state index contributed by atoms with van der Waals surface area (Å²) in [6.45, 7) is 5.25. The molecule has 0 bridgehead atoms. The van der Waals surface area contributed by atoms with E-state index in [-0.39, 0.29) is 12.3 Å². The molecule has 0 amide bonds. The molecule has 1 N–H and O–H groups in total. The van der Waals surface area contributed by atoms with Crippen molar-refractivity contribution < 1.29 is 9.90 Å². The second-order valence-corrected chi connectivity index (χ2v) is 5.66. The first-order valence-corrected chi connectivity index (χ1v) is 6.90. The van der Waals surface area contributed by atoms with E-state index in [2.05, 4.69) is 29.7 Å². The number of benzene rings is 1. The summed E-state index contributed by atoms with van der Waals surface area (Å²) in [6, 6.07) is 6.60. The molecular weight excluding hydrogens is 238 g/mol.